The van der Waals surface area contributed by atoms with Gasteiger partial charge in [0, 0.05) is 23.2 Å². The predicted molar refractivity (Wildman–Crippen MR) is 80.6 cm³/mol. The van der Waals surface area contributed by atoms with Gasteiger partial charge in [-0.3, -0.25) is 4.79 Å². The van der Waals surface area contributed by atoms with Crippen molar-refractivity contribution in [1.29, 1.82) is 0 Å². The van der Waals surface area contributed by atoms with Crippen molar-refractivity contribution >= 4 is 5.91 Å². The van der Waals surface area contributed by atoms with Gasteiger partial charge in [0.15, 0.2) is 5.72 Å². The zero-order chi connectivity index (χ0) is 14.4. The summed E-state index contributed by atoms with van der Waals surface area (Å²) in [5, 5.41) is 11.5. The summed E-state index contributed by atoms with van der Waals surface area (Å²) in [4.78, 5) is 14.4. The van der Waals surface area contributed by atoms with Crippen LogP contribution in [-0.4, -0.2) is 22.5 Å². The van der Waals surface area contributed by atoms with Crippen LogP contribution in [-0.2, 0) is 5.72 Å². The second-order valence-corrected chi connectivity index (χ2v) is 6.22. The van der Waals surface area contributed by atoms with Crippen LogP contribution in [0.2, 0.25) is 0 Å². The molecule has 1 N–H and O–H groups in total. The molecule has 3 nitrogen and oxygen atoms in total. The van der Waals surface area contributed by atoms with Crippen molar-refractivity contribution in [2.45, 2.75) is 31.4 Å². The molecule has 1 heterocycles. The third-order valence-corrected chi connectivity index (χ3v) is 4.70. The molecule has 0 radical (unpaired) electrons. The Morgan fingerprint density at radius 3 is 2.76 bits per heavy atom. The summed E-state index contributed by atoms with van der Waals surface area (Å²) in [5.74, 6) is 0.503. The minimum atomic E-state index is -1.28. The van der Waals surface area contributed by atoms with Gasteiger partial charge in [-0.25, -0.2) is 0 Å². The van der Waals surface area contributed by atoms with Crippen LogP contribution in [0.25, 0.3) is 0 Å². The molecular formula is C18H19NO2. The van der Waals surface area contributed by atoms with E-state index in [9.17, 15) is 9.90 Å². The number of aliphatic hydroxyl groups is 1. The first kappa shape index (κ1) is 12.8. The normalized spacial score (nSPS) is 27.8. The summed E-state index contributed by atoms with van der Waals surface area (Å²) >= 11 is 0. The average Bonchev–Trinajstić information content (AvgIpc) is 3.33. The monoisotopic (exact) mass is 281 g/mol. The molecule has 3 aliphatic rings. The molecule has 1 saturated carbocycles. The van der Waals surface area contributed by atoms with Crippen LogP contribution in [0.4, 0.5) is 0 Å². The van der Waals surface area contributed by atoms with E-state index in [0.717, 1.165) is 36.8 Å². The summed E-state index contributed by atoms with van der Waals surface area (Å²) in [6.07, 6.45) is 10.3. The molecule has 21 heavy (non-hydrogen) atoms. The third-order valence-electron chi connectivity index (χ3n) is 4.70. The first-order valence-electron chi connectivity index (χ1n) is 7.72. The van der Waals surface area contributed by atoms with Crippen molar-refractivity contribution in [2.75, 3.05) is 6.54 Å². The van der Waals surface area contributed by atoms with Crippen LogP contribution in [0.3, 0.4) is 0 Å². The van der Waals surface area contributed by atoms with Crippen LogP contribution >= 0.6 is 0 Å². The van der Waals surface area contributed by atoms with E-state index in [1.165, 1.54) is 0 Å². The second kappa shape index (κ2) is 4.57. The van der Waals surface area contributed by atoms with Gasteiger partial charge in [-0.15, -0.1) is 0 Å². The number of carbonyl (C=O) groups excluding carboxylic acids is 1. The van der Waals surface area contributed by atoms with Gasteiger partial charge < -0.3 is 10.0 Å². The van der Waals surface area contributed by atoms with E-state index < -0.39 is 5.72 Å². The molecule has 1 aliphatic heterocycles. The first-order chi connectivity index (χ1) is 10.2. The van der Waals surface area contributed by atoms with Crippen LogP contribution < -0.4 is 0 Å². The van der Waals surface area contributed by atoms with Gasteiger partial charge in [-0.2, -0.15) is 0 Å². The van der Waals surface area contributed by atoms with Crippen LogP contribution in [0.5, 0.6) is 0 Å². The summed E-state index contributed by atoms with van der Waals surface area (Å²) in [6.45, 7) is 0.648. The van der Waals surface area contributed by atoms with Gasteiger partial charge in [0.2, 0.25) is 0 Å². The fourth-order valence-corrected chi connectivity index (χ4v) is 3.37. The van der Waals surface area contributed by atoms with Crippen molar-refractivity contribution in [2.24, 2.45) is 5.92 Å². The SMILES string of the molecule is O=C1c2ccccc2C(O)(C2=CCCC=C2)N1CC1CC1. The topological polar surface area (TPSA) is 40.5 Å². The number of hydrogen-bond acceptors (Lipinski definition) is 2. The van der Waals surface area contributed by atoms with E-state index in [1.807, 2.05) is 30.3 Å². The Labute approximate surface area is 124 Å². The van der Waals surface area contributed by atoms with Gasteiger partial charge in [0.1, 0.15) is 0 Å². The fourth-order valence-electron chi connectivity index (χ4n) is 3.37. The minimum Gasteiger partial charge on any atom is -0.363 e. The van der Waals surface area contributed by atoms with Gasteiger partial charge in [-0.05, 0) is 37.7 Å². The van der Waals surface area contributed by atoms with Crippen molar-refractivity contribution in [3.63, 3.8) is 0 Å². The highest BCUT2D eigenvalue weighted by Crippen LogP contribution is 2.45. The molecular weight excluding hydrogens is 262 g/mol. The number of amides is 1. The Bertz CT molecular complexity index is 657. The zero-order valence-electron chi connectivity index (χ0n) is 12.0. The Morgan fingerprint density at radius 1 is 1.24 bits per heavy atom. The molecule has 2 aliphatic carbocycles. The lowest BCUT2D eigenvalue weighted by atomic mass is 9.90. The van der Waals surface area contributed by atoms with Crippen molar-refractivity contribution in [3.8, 4) is 0 Å². The van der Waals surface area contributed by atoms with Crippen LogP contribution in [0.1, 0.15) is 41.6 Å². The summed E-state index contributed by atoms with van der Waals surface area (Å²) < 4.78 is 0. The van der Waals surface area contributed by atoms with Gasteiger partial charge in [-0.1, -0.05) is 36.4 Å². The number of rotatable bonds is 3. The maximum Gasteiger partial charge on any atom is 0.257 e. The summed E-state index contributed by atoms with van der Waals surface area (Å²) in [6, 6.07) is 7.46. The Morgan fingerprint density at radius 2 is 2.05 bits per heavy atom. The lowest BCUT2D eigenvalue weighted by Crippen LogP contribution is -2.46. The van der Waals surface area contributed by atoms with Gasteiger partial charge >= 0.3 is 0 Å². The maximum absolute atomic E-state index is 12.7. The van der Waals surface area contributed by atoms with E-state index in [0.29, 0.717) is 18.0 Å². The second-order valence-electron chi connectivity index (χ2n) is 6.22. The summed E-state index contributed by atoms with van der Waals surface area (Å²) in [7, 11) is 0. The lowest BCUT2D eigenvalue weighted by molar-refractivity contribution is -0.0528. The predicted octanol–water partition coefficient (Wildman–Crippen LogP) is 2.97. The fraction of sp³-hybridized carbons (Fsp3) is 0.389. The molecule has 1 unspecified atom stereocenters. The van der Waals surface area contributed by atoms with E-state index >= 15 is 0 Å². The first-order valence-corrected chi connectivity index (χ1v) is 7.72. The zero-order valence-corrected chi connectivity index (χ0v) is 12.0. The molecule has 1 fully saturated rings. The van der Waals surface area contributed by atoms with E-state index in [4.69, 9.17) is 0 Å². The molecule has 1 atom stereocenters. The molecule has 1 aromatic carbocycles. The number of fused-ring (bicyclic) bond motifs is 1. The number of allylic oxidation sites excluding steroid dienone is 2. The average molecular weight is 281 g/mol. The Kier molecular flexibility index (Phi) is 2.79. The quantitative estimate of drug-likeness (QED) is 0.925. The van der Waals surface area contributed by atoms with Crippen molar-refractivity contribution in [1.82, 2.24) is 4.90 Å². The van der Waals surface area contributed by atoms with Crippen LogP contribution in [0.15, 0.2) is 48.1 Å². The van der Waals surface area contributed by atoms with E-state index in [1.54, 1.807) is 4.90 Å². The number of nitrogens with zero attached hydrogens (tertiary/aromatic N) is 1. The largest absolute Gasteiger partial charge is 0.363 e. The minimum absolute atomic E-state index is 0.0418. The van der Waals surface area contributed by atoms with Gasteiger partial charge in [0.05, 0.1) is 0 Å². The van der Waals surface area contributed by atoms with Crippen molar-refractivity contribution < 1.29 is 9.90 Å². The van der Waals surface area contributed by atoms with Crippen molar-refractivity contribution in [3.05, 3.63) is 59.2 Å². The molecule has 0 aromatic heterocycles. The third kappa shape index (κ3) is 1.88. The maximum atomic E-state index is 12.7. The molecule has 0 bridgehead atoms. The Balaban J connectivity index is 1.84. The molecule has 108 valence electrons. The highest BCUT2D eigenvalue weighted by atomic mass is 16.3. The smallest absolute Gasteiger partial charge is 0.257 e. The number of carbonyl (C=O) groups is 1. The molecule has 1 aromatic rings. The summed E-state index contributed by atoms with van der Waals surface area (Å²) in [5.41, 5.74) is 0.925. The molecule has 3 heteroatoms. The van der Waals surface area contributed by atoms with Gasteiger partial charge in [0.25, 0.3) is 5.91 Å². The highest BCUT2D eigenvalue weighted by molar-refractivity contribution is 6.00. The molecule has 4 rings (SSSR count). The Hall–Kier alpha value is -1.87. The number of benzene rings is 1. The van der Waals surface area contributed by atoms with Crippen LogP contribution in [0, 0.1) is 5.92 Å². The highest BCUT2D eigenvalue weighted by Gasteiger charge is 2.51. The van der Waals surface area contributed by atoms with E-state index in [2.05, 4.69) is 12.2 Å². The standard InChI is InChI=1S/C18H19NO2/c20-17-15-8-4-5-9-16(15)18(21,14-6-2-1-3-7-14)19(17)12-13-10-11-13/h2,4-9,13,21H,1,3,10-12H2. The number of hydrogen-bond donors (Lipinski definition) is 1. The molecule has 0 spiro atoms. The molecule has 1 amide bonds. The molecule has 0 saturated heterocycles. The van der Waals surface area contributed by atoms with E-state index in [-0.39, 0.29) is 5.91 Å². The lowest BCUT2D eigenvalue weighted by Gasteiger charge is -2.36.